The summed E-state index contributed by atoms with van der Waals surface area (Å²) in [7, 11) is 4.28. The van der Waals surface area contributed by atoms with Crippen molar-refractivity contribution in [2.45, 2.75) is 6.54 Å². The highest BCUT2D eigenvalue weighted by atomic mass is 16.5. The number of aryl methyl sites for hydroxylation is 1. The third-order valence-electron chi connectivity index (χ3n) is 4.14. The SMILES string of the molecule is COc1cc(/C=N/NC(=O)Cn2cnc3c2c(=O)n(C)c(=O)n3C)ccc1O. The maximum absolute atomic E-state index is 12.3. The Morgan fingerprint density at radius 2 is 2.07 bits per heavy atom. The molecule has 2 heterocycles. The van der Waals surface area contributed by atoms with E-state index in [0.29, 0.717) is 5.56 Å². The number of hydrogen-bond acceptors (Lipinski definition) is 7. The van der Waals surface area contributed by atoms with Crippen LogP contribution in [-0.2, 0) is 25.4 Å². The fourth-order valence-electron chi connectivity index (χ4n) is 2.66. The summed E-state index contributed by atoms with van der Waals surface area (Å²) in [6, 6.07) is 4.60. The molecule has 1 amide bonds. The van der Waals surface area contributed by atoms with Crippen LogP contribution in [0.5, 0.6) is 11.5 Å². The molecule has 1 aromatic carbocycles. The summed E-state index contributed by atoms with van der Waals surface area (Å²) in [5.74, 6) is -0.217. The van der Waals surface area contributed by atoms with Crippen molar-refractivity contribution in [3.63, 3.8) is 0 Å². The first kappa shape index (κ1) is 18.9. The summed E-state index contributed by atoms with van der Waals surface area (Å²) in [6.07, 6.45) is 2.70. The third-order valence-corrected chi connectivity index (χ3v) is 4.14. The number of carbonyl (C=O) groups is 1. The van der Waals surface area contributed by atoms with E-state index in [2.05, 4.69) is 15.5 Å². The van der Waals surface area contributed by atoms with E-state index >= 15 is 0 Å². The van der Waals surface area contributed by atoms with Crippen molar-refractivity contribution in [2.75, 3.05) is 7.11 Å². The molecule has 11 nitrogen and oxygen atoms in total. The maximum Gasteiger partial charge on any atom is 0.332 e. The van der Waals surface area contributed by atoms with Gasteiger partial charge in [0, 0.05) is 14.1 Å². The number of hydrogen-bond donors (Lipinski definition) is 2. The van der Waals surface area contributed by atoms with Crippen LogP contribution in [0, 0.1) is 0 Å². The minimum absolute atomic E-state index is 0.00773. The Morgan fingerprint density at radius 1 is 1.32 bits per heavy atom. The molecule has 2 N–H and O–H groups in total. The Hall–Kier alpha value is -3.89. The second kappa shape index (κ2) is 7.39. The molecule has 146 valence electrons. The summed E-state index contributed by atoms with van der Waals surface area (Å²) < 4.78 is 8.54. The number of phenols is 1. The van der Waals surface area contributed by atoms with Gasteiger partial charge in [0.2, 0.25) is 0 Å². The van der Waals surface area contributed by atoms with Gasteiger partial charge >= 0.3 is 5.69 Å². The van der Waals surface area contributed by atoms with Crippen molar-refractivity contribution in [2.24, 2.45) is 19.2 Å². The lowest BCUT2D eigenvalue weighted by molar-refractivity contribution is -0.121. The lowest BCUT2D eigenvalue weighted by Crippen LogP contribution is -2.38. The van der Waals surface area contributed by atoms with Gasteiger partial charge in [-0.3, -0.25) is 18.7 Å². The van der Waals surface area contributed by atoms with E-state index in [4.69, 9.17) is 4.74 Å². The van der Waals surface area contributed by atoms with E-state index in [-0.39, 0.29) is 29.2 Å². The molecule has 11 heteroatoms. The summed E-state index contributed by atoms with van der Waals surface area (Å²) in [6.45, 7) is -0.208. The number of hydrazone groups is 1. The molecular weight excluding hydrogens is 368 g/mol. The second-order valence-electron chi connectivity index (χ2n) is 5.97. The Labute approximate surface area is 158 Å². The number of benzene rings is 1. The highest BCUT2D eigenvalue weighted by Crippen LogP contribution is 2.25. The number of carbonyl (C=O) groups excluding carboxylic acids is 1. The molecule has 0 fully saturated rings. The van der Waals surface area contributed by atoms with Gasteiger partial charge in [0.25, 0.3) is 11.5 Å². The standard InChI is InChI=1S/C17H18N6O5/c1-21-15-14(16(26)22(2)17(21)27)23(9-18-15)8-13(25)20-19-7-10-4-5-11(24)12(6-10)28-3/h4-7,9,24H,8H2,1-3H3,(H,20,25)/b19-7+. The first-order valence-corrected chi connectivity index (χ1v) is 8.13. The van der Waals surface area contributed by atoms with Gasteiger partial charge in [-0.1, -0.05) is 0 Å². The molecule has 0 aliphatic heterocycles. The molecule has 0 atom stereocenters. The number of rotatable bonds is 5. The number of aromatic hydroxyl groups is 1. The molecule has 0 unspecified atom stereocenters. The molecule has 0 bridgehead atoms. The van der Waals surface area contributed by atoms with Crippen molar-refractivity contribution in [1.29, 1.82) is 0 Å². The summed E-state index contributed by atoms with van der Waals surface area (Å²) in [5, 5.41) is 13.4. The fraction of sp³-hybridized carbons (Fsp3) is 0.235. The Morgan fingerprint density at radius 3 is 2.79 bits per heavy atom. The summed E-state index contributed by atoms with van der Waals surface area (Å²) in [5.41, 5.74) is 2.25. The monoisotopic (exact) mass is 386 g/mol. The molecule has 0 spiro atoms. The lowest BCUT2D eigenvalue weighted by atomic mass is 10.2. The molecule has 0 radical (unpaired) electrons. The quantitative estimate of drug-likeness (QED) is 0.440. The average molecular weight is 386 g/mol. The molecule has 0 aliphatic carbocycles. The van der Waals surface area contributed by atoms with E-state index in [1.54, 1.807) is 12.1 Å². The predicted molar refractivity (Wildman–Crippen MR) is 101 cm³/mol. The van der Waals surface area contributed by atoms with Crippen molar-refractivity contribution >= 4 is 23.3 Å². The van der Waals surface area contributed by atoms with Crippen molar-refractivity contribution in [3.05, 3.63) is 50.9 Å². The van der Waals surface area contributed by atoms with E-state index in [9.17, 15) is 19.5 Å². The zero-order valence-electron chi connectivity index (χ0n) is 15.4. The Balaban J connectivity index is 1.77. The van der Waals surface area contributed by atoms with Gasteiger partial charge in [-0.2, -0.15) is 5.10 Å². The molecule has 28 heavy (non-hydrogen) atoms. The van der Waals surface area contributed by atoms with Crippen LogP contribution in [0.25, 0.3) is 11.2 Å². The summed E-state index contributed by atoms with van der Waals surface area (Å²) in [4.78, 5) is 40.5. The molecule has 0 aliphatic rings. The van der Waals surface area contributed by atoms with Gasteiger partial charge in [-0.05, 0) is 23.8 Å². The van der Waals surface area contributed by atoms with Crippen LogP contribution >= 0.6 is 0 Å². The number of amides is 1. The van der Waals surface area contributed by atoms with Crippen molar-refractivity contribution in [1.82, 2.24) is 24.1 Å². The van der Waals surface area contributed by atoms with Crippen LogP contribution in [0.1, 0.15) is 5.56 Å². The number of nitrogens with one attached hydrogen (secondary N) is 1. The van der Waals surface area contributed by atoms with Gasteiger partial charge in [0.15, 0.2) is 22.7 Å². The van der Waals surface area contributed by atoms with Gasteiger partial charge in [0.1, 0.15) is 6.54 Å². The van der Waals surface area contributed by atoms with Crippen LogP contribution in [-0.4, -0.2) is 43.0 Å². The maximum atomic E-state index is 12.3. The largest absolute Gasteiger partial charge is 0.504 e. The van der Waals surface area contributed by atoms with E-state index < -0.39 is 17.2 Å². The number of nitrogens with zero attached hydrogens (tertiary/aromatic N) is 5. The number of ether oxygens (including phenoxy) is 1. The molecule has 3 rings (SSSR count). The molecular formula is C17H18N6O5. The fourth-order valence-corrected chi connectivity index (χ4v) is 2.66. The van der Waals surface area contributed by atoms with Gasteiger partial charge in [-0.25, -0.2) is 15.2 Å². The molecule has 0 saturated heterocycles. The number of phenolic OH excluding ortho intramolecular Hbond substituents is 1. The number of methoxy groups -OCH3 is 1. The second-order valence-corrected chi connectivity index (χ2v) is 5.97. The van der Waals surface area contributed by atoms with E-state index in [1.807, 2.05) is 0 Å². The zero-order valence-corrected chi connectivity index (χ0v) is 15.4. The lowest BCUT2D eigenvalue weighted by Gasteiger charge is -2.06. The Kier molecular flexibility index (Phi) is 4.98. The minimum Gasteiger partial charge on any atom is -0.504 e. The van der Waals surface area contributed by atoms with E-state index in [1.165, 1.54) is 48.9 Å². The first-order chi connectivity index (χ1) is 13.3. The average Bonchev–Trinajstić information content (AvgIpc) is 3.09. The smallest absolute Gasteiger partial charge is 0.332 e. The van der Waals surface area contributed by atoms with Crippen LogP contribution in [0.2, 0.25) is 0 Å². The van der Waals surface area contributed by atoms with Crippen LogP contribution < -0.4 is 21.4 Å². The van der Waals surface area contributed by atoms with Gasteiger partial charge in [-0.15, -0.1) is 0 Å². The number of aromatic nitrogens is 4. The van der Waals surface area contributed by atoms with Crippen molar-refractivity contribution < 1.29 is 14.6 Å². The molecule has 2 aromatic heterocycles. The third kappa shape index (κ3) is 3.37. The van der Waals surface area contributed by atoms with Gasteiger partial charge < -0.3 is 14.4 Å². The number of imidazole rings is 1. The molecule has 3 aromatic rings. The van der Waals surface area contributed by atoms with E-state index in [0.717, 1.165) is 4.57 Å². The van der Waals surface area contributed by atoms with Gasteiger partial charge in [0.05, 0.1) is 19.7 Å². The van der Waals surface area contributed by atoms with Crippen LogP contribution in [0.15, 0.2) is 39.2 Å². The highest BCUT2D eigenvalue weighted by Gasteiger charge is 2.15. The normalized spacial score (nSPS) is 11.2. The topological polar surface area (TPSA) is 133 Å². The Bertz CT molecular complexity index is 1200. The first-order valence-electron chi connectivity index (χ1n) is 8.13. The van der Waals surface area contributed by atoms with Crippen LogP contribution in [0.4, 0.5) is 0 Å². The van der Waals surface area contributed by atoms with Crippen molar-refractivity contribution in [3.8, 4) is 11.5 Å². The molecule has 0 saturated carbocycles. The number of fused-ring (bicyclic) bond motifs is 1. The summed E-state index contributed by atoms with van der Waals surface area (Å²) >= 11 is 0. The highest BCUT2D eigenvalue weighted by molar-refractivity contribution is 5.83. The zero-order chi connectivity index (χ0) is 20.4. The predicted octanol–water partition coefficient (Wildman–Crippen LogP) is -0.702. The minimum atomic E-state index is -0.539. The van der Waals surface area contributed by atoms with Crippen LogP contribution in [0.3, 0.4) is 0 Å².